The Morgan fingerprint density at radius 3 is 2.10 bits per heavy atom. The Kier molecular flexibility index (Phi) is 3.74. The van der Waals surface area contributed by atoms with Gasteiger partial charge in [-0.25, -0.2) is 0 Å². The molecular weight excluding hydrogens is 356 g/mol. The van der Waals surface area contributed by atoms with Gasteiger partial charge in [-0.3, -0.25) is 4.79 Å². The first-order valence-corrected chi connectivity index (χ1v) is 10.8. The third-order valence-corrected chi connectivity index (χ3v) is 7.26. The van der Waals surface area contributed by atoms with E-state index < -0.39 is 0 Å². The highest BCUT2D eigenvalue weighted by Gasteiger charge is 2.42. The zero-order chi connectivity index (χ0) is 19.5. The van der Waals surface area contributed by atoms with Gasteiger partial charge in [0, 0.05) is 41.9 Å². The Morgan fingerprint density at radius 2 is 1.52 bits per heavy atom. The number of rotatable bonds is 2. The van der Waals surface area contributed by atoms with Gasteiger partial charge in [-0.2, -0.15) is 0 Å². The van der Waals surface area contributed by atoms with Crippen molar-refractivity contribution in [3.05, 3.63) is 83.0 Å². The molecule has 1 N–H and O–H groups in total. The quantitative estimate of drug-likeness (QED) is 0.705. The lowest BCUT2D eigenvalue weighted by Crippen LogP contribution is -2.43. The van der Waals surface area contributed by atoms with E-state index in [1.54, 1.807) is 0 Å². The fraction of sp³-hybridized carbons (Fsp3) is 0.346. The van der Waals surface area contributed by atoms with E-state index in [0.29, 0.717) is 29.2 Å². The van der Waals surface area contributed by atoms with E-state index in [0.717, 1.165) is 24.3 Å². The molecule has 2 aromatic carbocycles. The van der Waals surface area contributed by atoms with Crippen LogP contribution in [0.15, 0.2) is 60.7 Å². The van der Waals surface area contributed by atoms with Crippen molar-refractivity contribution in [3.63, 3.8) is 0 Å². The minimum absolute atomic E-state index is 0.0300. The van der Waals surface area contributed by atoms with Crippen molar-refractivity contribution >= 4 is 17.3 Å². The summed E-state index contributed by atoms with van der Waals surface area (Å²) in [6.07, 6.45) is 11.8. The summed E-state index contributed by atoms with van der Waals surface area (Å²) in [6, 6.07) is 12.3. The molecule has 1 amide bonds. The lowest BCUT2D eigenvalue weighted by molar-refractivity contribution is 0.102. The van der Waals surface area contributed by atoms with Crippen LogP contribution in [0.4, 0.5) is 11.4 Å². The Hall–Kier alpha value is -2.81. The first-order chi connectivity index (χ1) is 14.2. The molecule has 0 aromatic heterocycles. The summed E-state index contributed by atoms with van der Waals surface area (Å²) in [6.45, 7) is 4.37. The van der Waals surface area contributed by atoms with E-state index in [-0.39, 0.29) is 5.91 Å². The Labute approximate surface area is 172 Å². The Balaban J connectivity index is 1.43. The zero-order valence-electron chi connectivity index (χ0n) is 16.8. The first-order valence-electron chi connectivity index (χ1n) is 10.8. The van der Waals surface area contributed by atoms with Crippen molar-refractivity contribution in [2.45, 2.75) is 31.6 Å². The molecule has 0 bridgehead atoms. The highest BCUT2D eigenvalue weighted by molar-refractivity contribution is 6.04. The SMILES string of the molecule is Cc1ccc(C(=O)Nc2cc3c4c(c2)[C@@H]2C=CC[C@H]2CN4C[C@@H]2CC=C[C@@H]32)cc1. The van der Waals surface area contributed by atoms with Crippen LogP contribution >= 0.6 is 0 Å². The second-order valence-corrected chi connectivity index (χ2v) is 9.13. The molecule has 2 aliphatic heterocycles. The molecule has 0 saturated carbocycles. The first kappa shape index (κ1) is 17.1. The van der Waals surface area contributed by atoms with Gasteiger partial charge in [-0.15, -0.1) is 0 Å². The van der Waals surface area contributed by atoms with Crippen LogP contribution in [0.3, 0.4) is 0 Å². The van der Waals surface area contributed by atoms with Crippen LogP contribution in [0.5, 0.6) is 0 Å². The van der Waals surface area contributed by atoms with Crippen LogP contribution in [0, 0.1) is 18.8 Å². The Morgan fingerprint density at radius 1 is 0.931 bits per heavy atom. The maximum atomic E-state index is 12.9. The van der Waals surface area contributed by atoms with E-state index in [1.165, 1.54) is 29.7 Å². The van der Waals surface area contributed by atoms with E-state index in [2.05, 4.69) is 46.7 Å². The average molecular weight is 383 g/mol. The predicted molar refractivity (Wildman–Crippen MR) is 118 cm³/mol. The van der Waals surface area contributed by atoms with Crippen LogP contribution in [0.2, 0.25) is 0 Å². The molecule has 6 rings (SSSR count). The number of nitrogens with one attached hydrogen (secondary N) is 1. The number of amides is 1. The normalized spacial score (nSPS) is 28.1. The summed E-state index contributed by atoms with van der Waals surface area (Å²) in [7, 11) is 0. The molecule has 4 atom stereocenters. The summed E-state index contributed by atoms with van der Waals surface area (Å²) in [5.41, 5.74) is 7.07. The van der Waals surface area contributed by atoms with Crippen molar-refractivity contribution in [1.82, 2.24) is 0 Å². The van der Waals surface area contributed by atoms with Crippen LogP contribution < -0.4 is 10.2 Å². The maximum Gasteiger partial charge on any atom is 0.255 e. The molecule has 0 radical (unpaired) electrons. The van der Waals surface area contributed by atoms with Crippen molar-refractivity contribution < 1.29 is 4.79 Å². The third kappa shape index (κ3) is 2.67. The maximum absolute atomic E-state index is 12.9. The molecule has 3 heteroatoms. The van der Waals surface area contributed by atoms with Crippen LogP contribution in [-0.2, 0) is 0 Å². The second kappa shape index (κ2) is 6.35. The van der Waals surface area contributed by atoms with Gasteiger partial charge in [0.2, 0.25) is 0 Å². The van der Waals surface area contributed by atoms with E-state index in [1.807, 2.05) is 31.2 Å². The van der Waals surface area contributed by atoms with Crippen LogP contribution in [-0.4, -0.2) is 19.0 Å². The lowest BCUT2D eigenvalue weighted by Gasteiger charge is -2.46. The van der Waals surface area contributed by atoms with Gasteiger partial charge in [-0.05, 0) is 67.0 Å². The molecule has 2 aliphatic carbocycles. The average Bonchev–Trinajstić information content (AvgIpc) is 3.38. The minimum atomic E-state index is -0.0300. The van der Waals surface area contributed by atoms with Gasteiger partial charge in [0.1, 0.15) is 0 Å². The fourth-order valence-electron chi connectivity index (χ4n) is 5.86. The van der Waals surface area contributed by atoms with Crippen molar-refractivity contribution in [1.29, 1.82) is 0 Å². The van der Waals surface area contributed by atoms with Crippen LogP contribution in [0.25, 0.3) is 0 Å². The molecule has 2 heterocycles. The lowest BCUT2D eigenvalue weighted by atomic mass is 9.75. The predicted octanol–water partition coefficient (Wildman–Crippen LogP) is 5.40. The standard InChI is InChI=1S/C26H26N2O/c1-16-8-10-17(11-9-16)26(29)27-20-12-23-21-6-2-4-18(21)14-28-15-19-5-3-7-22(19)24(13-20)25(23)28/h2-3,6-13,18-19,21-22H,4-5,14-15H2,1H3,(H,27,29)/t18-,19-,21+,22+/m0/s1. The van der Waals surface area contributed by atoms with Gasteiger partial charge < -0.3 is 10.2 Å². The zero-order valence-corrected chi connectivity index (χ0v) is 16.8. The van der Waals surface area contributed by atoms with Crippen LogP contribution in [0.1, 0.15) is 51.7 Å². The molecule has 146 valence electrons. The number of benzene rings is 2. The number of allylic oxidation sites excluding steroid dienone is 4. The Bertz CT molecular complexity index is 998. The number of hydrogen-bond donors (Lipinski definition) is 1. The number of aryl methyl sites for hydroxylation is 1. The minimum Gasteiger partial charge on any atom is -0.370 e. The molecule has 29 heavy (non-hydrogen) atoms. The largest absolute Gasteiger partial charge is 0.370 e. The third-order valence-electron chi connectivity index (χ3n) is 7.26. The van der Waals surface area contributed by atoms with E-state index >= 15 is 0 Å². The van der Waals surface area contributed by atoms with Gasteiger partial charge in [0.15, 0.2) is 0 Å². The highest BCUT2D eigenvalue weighted by Crippen LogP contribution is 2.53. The molecule has 4 aliphatic rings. The monoisotopic (exact) mass is 382 g/mol. The van der Waals surface area contributed by atoms with Crippen molar-refractivity contribution in [2.24, 2.45) is 11.8 Å². The summed E-state index contributed by atoms with van der Waals surface area (Å²) in [5.74, 6) is 2.28. The number of nitrogens with zero attached hydrogens (tertiary/aromatic N) is 1. The molecular formula is C26H26N2O. The number of fused-ring (bicyclic) bond motifs is 4. The number of hydrogen-bond acceptors (Lipinski definition) is 2. The number of carbonyl (C=O) groups is 1. The molecule has 0 fully saturated rings. The second-order valence-electron chi connectivity index (χ2n) is 9.13. The van der Waals surface area contributed by atoms with Gasteiger partial charge in [-0.1, -0.05) is 42.0 Å². The molecule has 0 spiro atoms. The molecule has 3 nitrogen and oxygen atoms in total. The van der Waals surface area contributed by atoms with Gasteiger partial charge in [0.05, 0.1) is 0 Å². The summed E-state index contributed by atoms with van der Waals surface area (Å²) in [5, 5.41) is 3.20. The summed E-state index contributed by atoms with van der Waals surface area (Å²) < 4.78 is 0. The topological polar surface area (TPSA) is 32.3 Å². The smallest absolute Gasteiger partial charge is 0.255 e. The van der Waals surface area contributed by atoms with E-state index in [9.17, 15) is 4.79 Å². The van der Waals surface area contributed by atoms with Gasteiger partial charge >= 0.3 is 0 Å². The molecule has 0 saturated heterocycles. The van der Waals surface area contributed by atoms with Crippen molar-refractivity contribution in [3.8, 4) is 0 Å². The van der Waals surface area contributed by atoms with E-state index in [4.69, 9.17) is 0 Å². The number of carbonyl (C=O) groups excluding carboxylic acids is 1. The van der Waals surface area contributed by atoms with Gasteiger partial charge in [0.25, 0.3) is 5.91 Å². The summed E-state index contributed by atoms with van der Waals surface area (Å²) >= 11 is 0. The highest BCUT2D eigenvalue weighted by atomic mass is 16.1. The fourth-order valence-corrected chi connectivity index (χ4v) is 5.86. The molecule has 0 unspecified atom stereocenters. The molecule has 2 aromatic rings. The van der Waals surface area contributed by atoms with Crippen molar-refractivity contribution in [2.75, 3.05) is 23.3 Å². The summed E-state index contributed by atoms with van der Waals surface area (Å²) in [4.78, 5) is 15.5. The number of anilines is 2.